The molecule has 0 bridgehead atoms. The summed E-state index contributed by atoms with van der Waals surface area (Å²) >= 11 is 0. The first-order valence-electron chi connectivity index (χ1n) is 2.33. The Morgan fingerprint density at radius 1 is 1.78 bits per heavy atom. The molecule has 1 rings (SSSR count). The zero-order valence-corrected chi connectivity index (χ0v) is 4.89. The summed E-state index contributed by atoms with van der Waals surface area (Å²) in [5, 5.41) is 13.2. The molecule has 0 radical (unpaired) electrons. The summed E-state index contributed by atoms with van der Waals surface area (Å²) < 4.78 is 0. The van der Waals surface area contributed by atoms with Crippen molar-refractivity contribution < 1.29 is 0 Å². The molecule has 1 aromatic rings. The summed E-state index contributed by atoms with van der Waals surface area (Å²) in [6, 6.07) is 0. The van der Waals surface area contributed by atoms with Crippen LogP contribution in [0.3, 0.4) is 0 Å². The van der Waals surface area contributed by atoms with Crippen LogP contribution in [0.5, 0.6) is 0 Å². The zero-order valence-electron chi connectivity index (χ0n) is 4.89. The van der Waals surface area contributed by atoms with Gasteiger partial charge < -0.3 is 0 Å². The van der Waals surface area contributed by atoms with Gasteiger partial charge in [-0.1, -0.05) is 0 Å². The highest BCUT2D eigenvalue weighted by Crippen LogP contribution is 1.77. The minimum Gasteiger partial charge on any atom is -0.221 e. The van der Waals surface area contributed by atoms with Gasteiger partial charge in [-0.25, -0.2) is 9.99 Å². The van der Waals surface area contributed by atoms with Crippen LogP contribution in [0.4, 0.5) is 0 Å². The van der Waals surface area contributed by atoms with Crippen LogP contribution in [-0.2, 0) is 0 Å². The minimum absolute atomic E-state index is 1.26. The molecule has 0 unspecified atom stereocenters. The van der Waals surface area contributed by atoms with Crippen molar-refractivity contribution in [2.45, 2.75) is 0 Å². The van der Waals surface area contributed by atoms with Crippen molar-refractivity contribution >= 4 is 0 Å². The van der Waals surface area contributed by atoms with E-state index in [-0.39, 0.29) is 0 Å². The lowest BCUT2D eigenvalue weighted by atomic mass is 11.1. The second-order valence-electron chi connectivity index (χ2n) is 1.44. The van der Waals surface area contributed by atoms with Gasteiger partial charge in [-0.3, -0.25) is 0 Å². The van der Waals surface area contributed by atoms with Gasteiger partial charge in [-0.15, -0.1) is 5.10 Å². The maximum Gasteiger partial charge on any atom is 0.201 e. The fourth-order valence-corrected chi connectivity index (χ4v) is 0.403. The average molecular weight is 123 g/mol. The van der Waals surface area contributed by atoms with Crippen molar-refractivity contribution in [1.82, 2.24) is 14.9 Å². The number of nitriles is 1. The maximum absolute atomic E-state index is 8.29. The van der Waals surface area contributed by atoms with E-state index >= 15 is 0 Å². The predicted molar refractivity (Wildman–Crippen MR) is 29.8 cm³/mol. The Bertz CT molecular complexity index is 207. The van der Waals surface area contributed by atoms with Crippen LogP contribution in [0.1, 0.15) is 0 Å². The molecule has 0 aromatic carbocycles. The lowest BCUT2D eigenvalue weighted by Crippen LogP contribution is -2.24. The van der Waals surface area contributed by atoms with E-state index in [9.17, 15) is 0 Å². The summed E-state index contributed by atoms with van der Waals surface area (Å²) in [6.45, 7) is 0. The molecule has 5 nitrogen and oxygen atoms in total. The van der Waals surface area contributed by atoms with Crippen molar-refractivity contribution in [1.29, 1.82) is 5.26 Å². The molecule has 0 amide bonds. The standard InChI is InChI=1S/C4H5N5/c1-8(2-5)9-4-6-3-7-9/h3-4H,1H3. The van der Waals surface area contributed by atoms with Gasteiger partial charge in [-0.05, 0) is 0 Å². The molecule has 5 heteroatoms. The van der Waals surface area contributed by atoms with Crippen molar-refractivity contribution in [2.24, 2.45) is 0 Å². The van der Waals surface area contributed by atoms with E-state index < -0.39 is 0 Å². The second kappa shape index (κ2) is 2.13. The molecule has 0 saturated carbocycles. The van der Waals surface area contributed by atoms with Crippen LogP contribution >= 0.6 is 0 Å². The quantitative estimate of drug-likeness (QED) is 0.367. The highest BCUT2D eigenvalue weighted by molar-refractivity contribution is 4.92. The Morgan fingerprint density at radius 2 is 2.56 bits per heavy atom. The van der Waals surface area contributed by atoms with Gasteiger partial charge in [0.05, 0.1) is 0 Å². The largest absolute Gasteiger partial charge is 0.221 e. The third-order valence-electron chi connectivity index (χ3n) is 0.859. The number of rotatable bonds is 1. The monoisotopic (exact) mass is 123 g/mol. The maximum atomic E-state index is 8.29. The van der Waals surface area contributed by atoms with E-state index in [0.29, 0.717) is 0 Å². The average Bonchev–Trinajstić information content (AvgIpc) is 2.37. The first-order valence-corrected chi connectivity index (χ1v) is 2.33. The number of aromatic nitrogens is 3. The molecule has 0 saturated heterocycles. The predicted octanol–water partition coefficient (Wildman–Crippen LogP) is -0.673. The Labute approximate surface area is 52.1 Å². The molecular formula is C4H5N5. The summed E-state index contributed by atoms with van der Waals surface area (Å²) in [4.78, 5) is 4.98. The Kier molecular flexibility index (Phi) is 1.32. The van der Waals surface area contributed by atoms with Gasteiger partial charge in [0, 0.05) is 7.05 Å². The van der Waals surface area contributed by atoms with Gasteiger partial charge >= 0.3 is 0 Å². The number of nitrogens with zero attached hydrogens (tertiary/aromatic N) is 5. The van der Waals surface area contributed by atoms with E-state index in [0.717, 1.165) is 0 Å². The molecule has 0 fully saturated rings. The van der Waals surface area contributed by atoms with Crippen molar-refractivity contribution in [3.63, 3.8) is 0 Å². The van der Waals surface area contributed by atoms with Gasteiger partial charge in [0.1, 0.15) is 12.7 Å². The fourth-order valence-electron chi connectivity index (χ4n) is 0.403. The molecule has 0 spiro atoms. The zero-order chi connectivity index (χ0) is 6.69. The molecule has 0 atom stereocenters. The highest BCUT2D eigenvalue weighted by atomic mass is 15.6. The SMILES string of the molecule is CN(C#N)n1cncn1. The molecule has 9 heavy (non-hydrogen) atoms. The topological polar surface area (TPSA) is 57.7 Å². The van der Waals surface area contributed by atoms with E-state index in [4.69, 9.17) is 5.26 Å². The van der Waals surface area contributed by atoms with Crippen LogP contribution < -0.4 is 5.01 Å². The Hall–Kier alpha value is -1.57. The van der Waals surface area contributed by atoms with Crippen LogP contribution in [0.25, 0.3) is 0 Å². The molecule has 0 aliphatic rings. The van der Waals surface area contributed by atoms with Crippen molar-refractivity contribution in [3.05, 3.63) is 12.7 Å². The minimum atomic E-state index is 1.26. The molecule has 1 aromatic heterocycles. The number of hydrogen-bond donors (Lipinski definition) is 0. The Balaban J connectivity index is 2.80. The van der Waals surface area contributed by atoms with Crippen LogP contribution in [-0.4, -0.2) is 21.9 Å². The van der Waals surface area contributed by atoms with Gasteiger partial charge in [0.15, 0.2) is 0 Å². The summed E-state index contributed by atoms with van der Waals surface area (Å²) in [6.07, 6.45) is 4.68. The molecule has 1 heterocycles. The van der Waals surface area contributed by atoms with Crippen LogP contribution in [0, 0.1) is 11.5 Å². The van der Waals surface area contributed by atoms with E-state index in [1.54, 1.807) is 7.05 Å². The van der Waals surface area contributed by atoms with Crippen molar-refractivity contribution in [3.8, 4) is 6.19 Å². The Morgan fingerprint density at radius 3 is 3.00 bits per heavy atom. The molecule has 0 aliphatic heterocycles. The molecular weight excluding hydrogens is 118 g/mol. The van der Waals surface area contributed by atoms with E-state index in [1.165, 1.54) is 22.5 Å². The highest BCUT2D eigenvalue weighted by Gasteiger charge is 1.92. The summed E-state index contributed by atoms with van der Waals surface area (Å²) in [7, 11) is 1.59. The summed E-state index contributed by atoms with van der Waals surface area (Å²) in [5.41, 5.74) is 0. The lowest BCUT2D eigenvalue weighted by Gasteiger charge is -2.04. The number of hydrogen-bond acceptors (Lipinski definition) is 4. The fraction of sp³-hybridized carbons (Fsp3) is 0.250. The van der Waals surface area contributed by atoms with Crippen LogP contribution in [0.15, 0.2) is 12.7 Å². The normalized spacial score (nSPS) is 8.44. The third kappa shape index (κ3) is 0.966. The lowest BCUT2D eigenvalue weighted by molar-refractivity contribution is 0.671. The second-order valence-corrected chi connectivity index (χ2v) is 1.44. The molecule has 46 valence electrons. The summed E-state index contributed by atoms with van der Waals surface area (Å²) in [5.74, 6) is 0. The van der Waals surface area contributed by atoms with Crippen molar-refractivity contribution in [2.75, 3.05) is 12.1 Å². The van der Waals surface area contributed by atoms with Crippen LogP contribution in [0.2, 0.25) is 0 Å². The van der Waals surface area contributed by atoms with E-state index in [2.05, 4.69) is 10.1 Å². The molecule has 0 aliphatic carbocycles. The van der Waals surface area contributed by atoms with Gasteiger partial charge in [0.2, 0.25) is 6.19 Å². The van der Waals surface area contributed by atoms with E-state index in [1.807, 2.05) is 6.19 Å². The van der Waals surface area contributed by atoms with Gasteiger partial charge in [0.25, 0.3) is 0 Å². The van der Waals surface area contributed by atoms with Gasteiger partial charge in [-0.2, -0.15) is 10.1 Å². The first kappa shape index (κ1) is 5.56. The smallest absolute Gasteiger partial charge is 0.201 e. The molecule has 0 N–H and O–H groups in total. The third-order valence-corrected chi connectivity index (χ3v) is 0.859. The first-order chi connectivity index (χ1) is 4.34.